The van der Waals surface area contributed by atoms with Crippen LogP contribution in [0.4, 0.5) is 0 Å². The van der Waals surface area contributed by atoms with E-state index in [1.807, 2.05) is 18.2 Å². The van der Waals surface area contributed by atoms with Crippen LogP contribution in [0.3, 0.4) is 0 Å². The number of hydrogen-bond donors (Lipinski definition) is 0. The summed E-state index contributed by atoms with van der Waals surface area (Å²) in [7, 11) is 1.66. The summed E-state index contributed by atoms with van der Waals surface area (Å²) in [6, 6.07) is 5.68. The second-order valence-corrected chi connectivity index (χ2v) is 4.11. The minimum atomic E-state index is 0.723. The zero-order valence-corrected chi connectivity index (χ0v) is 11.2. The number of benzene rings is 1. The van der Waals surface area contributed by atoms with Crippen molar-refractivity contribution in [3.05, 3.63) is 34.4 Å². The average Bonchev–Trinajstić information content (AvgIpc) is 2.27. The summed E-state index contributed by atoms with van der Waals surface area (Å²) in [6.45, 7) is 2.12. The minimum Gasteiger partial charge on any atom is -0.496 e. The van der Waals surface area contributed by atoms with Crippen LogP contribution in [0, 0.1) is 0 Å². The quantitative estimate of drug-likeness (QED) is 0.740. The Morgan fingerprint density at radius 2 is 2.27 bits per heavy atom. The maximum Gasteiger partial charge on any atom is 0.127 e. The second kappa shape index (κ2) is 6.19. The summed E-state index contributed by atoms with van der Waals surface area (Å²) >= 11 is 9.58. The molecule has 0 aliphatic carbocycles. The molecule has 0 spiro atoms. The van der Waals surface area contributed by atoms with E-state index in [-0.39, 0.29) is 0 Å². The van der Waals surface area contributed by atoms with Crippen molar-refractivity contribution in [2.45, 2.75) is 13.3 Å². The molecule has 15 heavy (non-hydrogen) atoms. The van der Waals surface area contributed by atoms with Crippen molar-refractivity contribution < 1.29 is 4.74 Å². The Balaban J connectivity index is 3.17. The van der Waals surface area contributed by atoms with E-state index in [4.69, 9.17) is 16.3 Å². The summed E-state index contributed by atoms with van der Waals surface area (Å²) in [5.74, 6) is 0.814. The van der Waals surface area contributed by atoms with Crippen LogP contribution < -0.4 is 4.74 Å². The molecule has 0 bridgehead atoms. The van der Waals surface area contributed by atoms with Gasteiger partial charge in [-0.25, -0.2) is 0 Å². The van der Waals surface area contributed by atoms with Crippen LogP contribution in [-0.2, 0) is 0 Å². The van der Waals surface area contributed by atoms with Crippen molar-refractivity contribution in [1.29, 1.82) is 0 Å². The highest BCUT2D eigenvalue weighted by atomic mass is 79.9. The molecule has 0 heterocycles. The number of allylic oxidation sites excluding steroid dienone is 1. The smallest absolute Gasteiger partial charge is 0.127 e. The monoisotopic (exact) mass is 288 g/mol. The van der Waals surface area contributed by atoms with Gasteiger partial charge in [0.2, 0.25) is 0 Å². The topological polar surface area (TPSA) is 9.23 Å². The Kier molecular flexibility index (Phi) is 5.20. The van der Waals surface area contributed by atoms with Crippen LogP contribution >= 0.6 is 27.5 Å². The lowest BCUT2D eigenvalue weighted by Gasteiger charge is -2.08. The van der Waals surface area contributed by atoms with E-state index in [1.54, 1.807) is 7.11 Å². The minimum absolute atomic E-state index is 0.723. The van der Waals surface area contributed by atoms with Gasteiger partial charge in [0.25, 0.3) is 0 Å². The lowest BCUT2D eigenvalue weighted by atomic mass is 10.1. The highest BCUT2D eigenvalue weighted by Crippen LogP contribution is 2.29. The van der Waals surface area contributed by atoms with Crippen molar-refractivity contribution in [3.63, 3.8) is 0 Å². The molecule has 1 aromatic rings. The Labute approximate surface area is 104 Å². The molecule has 1 rings (SSSR count). The van der Waals surface area contributed by atoms with Gasteiger partial charge in [0.1, 0.15) is 5.75 Å². The first-order chi connectivity index (χ1) is 7.22. The molecule has 3 heteroatoms. The molecule has 0 fully saturated rings. The van der Waals surface area contributed by atoms with Crippen molar-refractivity contribution in [2.24, 2.45) is 0 Å². The summed E-state index contributed by atoms with van der Waals surface area (Å²) in [5, 5.41) is 1.58. The van der Waals surface area contributed by atoms with E-state index in [0.717, 1.165) is 28.1 Å². The summed E-state index contributed by atoms with van der Waals surface area (Å²) in [5.41, 5.74) is 2.25. The van der Waals surface area contributed by atoms with Crippen molar-refractivity contribution in [2.75, 3.05) is 12.4 Å². The van der Waals surface area contributed by atoms with Gasteiger partial charge in [-0.15, -0.1) is 0 Å². The van der Waals surface area contributed by atoms with Gasteiger partial charge in [-0.3, -0.25) is 0 Å². The average molecular weight is 290 g/mol. The molecule has 1 aromatic carbocycles. The van der Waals surface area contributed by atoms with Gasteiger partial charge in [0.05, 0.1) is 12.1 Å². The van der Waals surface area contributed by atoms with Gasteiger partial charge in [0.15, 0.2) is 0 Å². The number of alkyl halides is 1. The van der Waals surface area contributed by atoms with Gasteiger partial charge in [0, 0.05) is 10.9 Å². The molecule has 0 saturated heterocycles. The number of ether oxygens (including phenoxy) is 1. The number of hydrogen-bond acceptors (Lipinski definition) is 1. The Hall–Kier alpha value is -0.470. The van der Waals surface area contributed by atoms with Gasteiger partial charge in [-0.2, -0.15) is 0 Å². The maximum atomic E-state index is 6.13. The van der Waals surface area contributed by atoms with Crippen LogP contribution in [0.5, 0.6) is 5.75 Å². The third-order valence-corrected chi connectivity index (χ3v) is 3.26. The lowest BCUT2D eigenvalue weighted by Crippen LogP contribution is -1.89. The molecule has 0 amide bonds. The van der Waals surface area contributed by atoms with E-state index in [9.17, 15) is 0 Å². The third kappa shape index (κ3) is 3.25. The summed E-state index contributed by atoms with van der Waals surface area (Å²) < 4.78 is 5.27. The van der Waals surface area contributed by atoms with Crippen LogP contribution in [0.15, 0.2) is 23.8 Å². The van der Waals surface area contributed by atoms with E-state index >= 15 is 0 Å². The SMILES string of the molecule is CC/C(=C/c1c(Cl)cccc1OC)CBr. The van der Waals surface area contributed by atoms with Gasteiger partial charge >= 0.3 is 0 Å². The number of methoxy groups -OCH3 is 1. The fourth-order valence-corrected chi connectivity index (χ4v) is 2.05. The first-order valence-corrected chi connectivity index (χ1v) is 6.30. The number of halogens is 2. The molecule has 0 aliphatic heterocycles. The summed E-state index contributed by atoms with van der Waals surface area (Å²) in [6.07, 6.45) is 3.08. The first-order valence-electron chi connectivity index (χ1n) is 4.80. The van der Waals surface area contributed by atoms with E-state index in [1.165, 1.54) is 5.57 Å². The normalized spacial score (nSPS) is 11.6. The predicted octanol–water partition coefficient (Wildman–Crippen LogP) is 4.54. The Morgan fingerprint density at radius 1 is 1.53 bits per heavy atom. The Morgan fingerprint density at radius 3 is 2.80 bits per heavy atom. The van der Waals surface area contributed by atoms with Crippen LogP contribution in [0.1, 0.15) is 18.9 Å². The molecule has 0 atom stereocenters. The maximum absolute atomic E-state index is 6.13. The van der Waals surface area contributed by atoms with Gasteiger partial charge in [-0.1, -0.05) is 46.1 Å². The molecule has 0 saturated carbocycles. The van der Waals surface area contributed by atoms with Crippen molar-refractivity contribution in [3.8, 4) is 5.75 Å². The molecule has 0 aromatic heterocycles. The zero-order valence-electron chi connectivity index (χ0n) is 8.89. The van der Waals surface area contributed by atoms with Crippen LogP contribution in [-0.4, -0.2) is 12.4 Å². The van der Waals surface area contributed by atoms with E-state index in [0.29, 0.717) is 0 Å². The second-order valence-electron chi connectivity index (χ2n) is 3.15. The number of rotatable bonds is 4. The molecule has 1 nitrogen and oxygen atoms in total. The molecule has 0 unspecified atom stereocenters. The van der Waals surface area contributed by atoms with Crippen LogP contribution in [0.2, 0.25) is 5.02 Å². The standard InChI is InChI=1S/C12H14BrClO/c1-3-9(8-13)7-10-11(14)5-4-6-12(10)15-2/h4-7H,3,8H2,1-2H3/b9-7-. The molecule has 0 radical (unpaired) electrons. The molecular formula is C12H14BrClO. The highest BCUT2D eigenvalue weighted by Gasteiger charge is 2.05. The molecular weight excluding hydrogens is 275 g/mol. The highest BCUT2D eigenvalue weighted by molar-refractivity contribution is 9.09. The largest absolute Gasteiger partial charge is 0.496 e. The van der Waals surface area contributed by atoms with Gasteiger partial charge in [-0.05, 0) is 24.6 Å². The zero-order chi connectivity index (χ0) is 11.3. The fourth-order valence-electron chi connectivity index (χ4n) is 1.27. The van der Waals surface area contributed by atoms with Crippen molar-refractivity contribution >= 4 is 33.6 Å². The van der Waals surface area contributed by atoms with E-state index < -0.39 is 0 Å². The first kappa shape index (κ1) is 12.6. The fraction of sp³-hybridized carbons (Fsp3) is 0.333. The Bertz CT molecular complexity index is 355. The predicted molar refractivity (Wildman–Crippen MR) is 70.1 cm³/mol. The van der Waals surface area contributed by atoms with Crippen LogP contribution in [0.25, 0.3) is 6.08 Å². The van der Waals surface area contributed by atoms with E-state index in [2.05, 4.69) is 28.9 Å². The molecule has 82 valence electrons. The summed E-state index contributed by atoms with van der Waals surface area (Å²) in [4.78, 5) is 0. The lowest BCUT2D eigenvalue weighted by molar-refractivity contribution is 0.414. The van der Waals surface area contributed by atoms with Gasteiger partial charge < -0.3 is 4.74 Å². The molecule has 0 aliphatic rings. The molecule has 0 N–H and O–H groups in total. The third-order valence-electron chi connectivity index (χ3n) is 2.21. The van der Waals surface area contributed by atoms with Crippen molar-refractivity contribution in [1.82, 2.24) is 0 Å².